The first-order valence-electron chi connectivity index (χ1n) is 10.4. The second kappa shape index (κ2) is 6.56. The molecule has 7 heteroatoms. The molecule has 0 saturated heterocycles. The van der Waals surface area contributed by atoms with Crippen molar-refractivity contribution in [3.63, 3.8) is 0 Å². The topological polar surface area (TPSA) is 81.2 Å². The van der Waals surface area contributed by atoms with E-state index in [1.54, 1.807) is 19.0 Å². The van der Waals surface area contributed by atoms with Crippen molar-refractivity contribution in [3.8, 4) is 0 Å². The Morgan fingerprint density at radius 3 is 2.43 bits per heavy atom. The second-order valence-corrected chi connectivity index (χ2v) is 9.72. The number of aryl methyl sites for hydroxylation is 1. The molecule has 4 saturated carbocycles. The minimum atomic E-state index is -0.527. The zero-order chi connectivity index (χ0) is 20.4. The summed E-state index contributed by atoms with van der Waals surface area (Å²) >= 11 is 0. The Bertz CT molecular complexity index is 802. The van der Waals surface area contributed by atoms with Gasteiger partial charge >= 0.3 is 0 Å². The average molecular weight is 391 g/mol. The van der Waals surface area contributed by atoms with Crippen molar-refractivity contribution in [2.45, 2.75) is 58.4 Å². The lowest BCUT2D eigenvalue weighted by Crippen LogP contribution is -2.56. The van der Waals surface area contributed by atoms with E-state index in [2.05, 4.69) is 5.10 Å². The van der Waals surface area contributed by atoms with Gasteiger partial charge in [0, 0.05) is 32.0 Å². The van der Waals surface area contributed by atoms with Crippen LogP contribution in [0.2, 0.25) is 0 Å². The quantitative estimate of drug-likeness (QED) is 0.757. The summed E-state index contributed by atoms with van der Waals surface area (Å²) in [5.74, 6) is 0.867. The second-order valence-electron chi connectivity index (χ2n) is 9.72. The number of anilines is 1. The van der Waals surface area contributed by atoms with Gasteiger partial charge in [0.05, 0.1) is 0 Å². The van der Waals surface area contributed by atoms with E-state index in [1.165, 1.54) is 4.68 Å². The molecule has 1 aromatic heterocycles. The van der Waals surface area contributed by atoms with E-state index in [0.29, 0.717) is 30.0 Å². The Kier molecular flexibility index (Phi) is 4.55. The molecule has 0 radical (unpaired) electrons. The number of carbonyl (C=O) groups is 2. The van der Waals surface area contributed by atoms with Gasteiger partial charge in [0.1, 0.15) is 0 Å². The number of aromatic nitrogens is 2. The molecule has 28 heavy (non-hydrogen) atoms. The van der Waals surface area contributed by atoms with Crippen LogP contribution in [0.4, 0.5) is 10.2 Å². The van der Waals surface area contributed by atoms with E-state index in [0.717, 1.165) is 32.1 Å². The van der Waals surface area contributed by atoms with Gasteiger partial charge in [-0.25, -0.2) is 9.07 Å². The lowest BCUT2D eigenvalue weighted by molar-refractivity contribution is -0.149. The smallest absolute Gasteiger partial charge is 0.223 e. The first-order chi connectivity index (χ1) is 13.1. The molecule has 5 rings (SSSR count). The number of hydrogen-bond acceptors (Lipinski definition) is 4. The predicted octanol–water partition coefficient (Wildman–Crippen LogP) is 2.90. The fourth-order valence-electron chi connectivity index (χ4n) is 6.37. The van der Waals surface area contributed by atoms with Crippen molar-refractivity contribution in [3.05, 3.63) is 11.5 Å². The maximum absolute atomic E-state index is 15.0. The highest BCUT2D eigenvalue weighted by molar-refractivity contribution is 5.95. The van der Waals surface area contributed by atoms with E-state index in [1.807, 2.05) is 13.8 Å². The third-order valence-corrected chi connectivity index (χ3v) is 7.75. The van der Waals surface area contributed by atoms with Gasteiger partial charge in [-0.3, -0.25) is 9.59 Å². The molecule has 1 aromatic rings. The predicted molar refractivity (Wildman–Crippen MR) is 104 cm³/mol. The van der Waals surface area contributed by atoms with E-state index < -0.39 is 5.82 Å². The lowest BCUT2D eigenvalue weighted by Gasteiger charge is -2.58. The van der Waals surface area contributed by atoms with Crippen LogP contribution in [0.25, 0.3) is 0 Å². The van der Waals surface area contributed by atoms with Crippen LogP contribution < -0.4 is 10.6 Å². The normalized spacial score (nSPS) is 33.5. The molecular formula is C21H31FN4O2. The Hall–Kier alpha value is -1.92. The molecule has 2 N–H and O–H groups in total. The largest absolute Gasteiger partial charge is 0.369 e. The van der Waals surface area contributed by atoms with Crippen molar-refractivity contribution < 1.29 is 14.0 Å². The van der Waals surface area contributed by atoms with Gasteiger partial charge in [-0.1, -0.05) is 0 Å². The molecule has 0 aromatic carbocycles. The molecule has 154 valence electrons. The van der Waals surface area contributed by atoms with E-state index in [-0.39, 0.29) is 34.8 Å². The van der Waals surface area contributed by atoms with Gasteiger partial charge < -0.3 is 10.6 Å². The van der Waals surface area contributed by atoms with Gasteiger partial charge in [-0.05, 0) is 69.6 Å². The van der Waals surface area contributed by atoms with Crippen LogP contribution in [0, 0.1) is 34.9 Å². The number of carbonyl (C=O) groups excluding carboxylic acids is 2. The van der Waals surface area contributed by atoms with Crippen LogP contribution in [0.3, 0.4) is 0 Å². The van der Waals surface area contributed by atoms with Crippen LogP contribution in [0.1, 0.15) is 62.9 Å². The Morgan fingerprint density at radius 2 is 1.89 bits per heavy atom. The molecule has 0 aliphatic heterocycles. The van der Waals surface area contributed by atoms with E-state index in [4.69, 9.17) is 5.73 Å². The van der Waals surface area contributed by atoms with Gasteiger partial charge in [0.15, 0.2) is 23.1 Å². The monoisotopic (exact) mass is 390 g/mol. The fraction of sp³-hybridized carbons (Fsp3) is 0.762. The molecule has 4 aliphatic rings. The average Bonchev–Trinajstić information content (AvgIpc) is 2.91. The highest BCUT2D eigenvalue weighted by Crippen LogP contribution is 2.62. The molecular weight excluding hydrogens is 359 g/mol. The minimum Gasteiger partial charge on any atom is -0.369 e. The zero-order valence-corrected chi connectivity index (χ0v) is 17.2. The number of halogens is 1. The first kappa shape index (κ1) is 19.4. The maximum atomic E-state index is 15.0. The van der Waals surface area contributed by atoms with Crippen LogP contribution >= 0.6 is 0 Å². The summed E-state index contributed by atoms with van der Waals surface area (Å²) in [5.41, 5.74) is 5.33. The summed E-state index contributed by atoms with van der Waals surface area (Å²) < 4.78 is 16.5. The number of rotatable bonds is 6. The SMILES string of the molecule is CC(C)N(C)c1c(F)c(C(=O)CC2C3CC4CC2CC(C(N)=O)(C4)C3)nn1C. The zero-order valence-electron chi connectivity index (χ0n) is 17.2. The summed E-state index contributed by atoms with van der Waals surface area (Å²) in [6.45, 7) is 3.94. The highest BCUT2D eigenvalue weighted by Gasteiger charge is 2.58. The molecule has 1 amide bonds. The minimum absolute atomic E-state index is 0.0524. The number of nitrogens with zero attached hydrogens (tertiary/aromatic N) is 3. The summed E-state index contributed by atoms with van der Waals surface area (Å²) in [5, 5.41) is 4.21. The summed E-state index contributed by atoms with van der Waals surface area (Å²) in [4.78, 5) is 26.9. The van der Waals surface area contributed by atoms with Gasteiger partial charge in [0.25, 0.3) is 0 Å². The van der Waals surface area contributed by atoms with Crippen molar-refractivity contribution in [1.29, 1.82) is 0 Å². The van der Waals surface area contributed by atoms with E-state index >= 15 is 4.39 Å². The number of amides is 1. The van der Waals surface area contributed by atoms with Crippen molar-refractivity contribution >= 4 is 17.5 Å². The third kappa shape index (κ3) is 2.85. The lowest BCUT2D eigenvalue weighted by atomic mass is 9.45. The Labute approximate surface area is 165 Å². The summed E-state index contributed by atoms with van der Waals surface area (Å²) in [6.07, 6.45) is 4.94. The van der Waals surface area contributed by atoms with Gasteiger partial charge in [-0.2, -0.15) is 5.10 Å². The Morgan fingerprint density at radius 1 is 1.29 bits per heavy atom. The molecule has 2 atom stereocenters. The van der Waals surface area contributed by atoms with Crippen LogP contribution in [-0.4, -0.2) is 34.6 Å². The van der Waals surface area contributed by atoms with Crippen LogP contribution in [0.5, 0.6) is 0 Å². The third-order valence-electron chi connectivity index (χ3n) is 7.75. The standard InChI is InChI=1S/C21H31FN4O2/c1-11(2)25(3)19-17(22)18(24-26(19)4)16(27)7-15-13-5-12-6-14(15)10-21(8-12,9-13)20(23)28/h11-15H,5-10H2,1-4H3,(H2,23,28). The summed E-state index contributed by atoms with van der Waals surface area (Å²) in [7, 11) is 3.48. The van der Waals surface area contributed by atoms with Gasteiger partial charge in [0.2, 0.25) is 5.91 Å². The van der Waals surface area contributed by atoms with Crippen molar-refractivity contribution in [1.82, 2.24) is 9.78 Å². The summed E-state index contributed by atoms with van der Waals surface area (Å²) in [6, 6.07) is 0.0993. The number of hydrogen-bond donors (Lipinski definition) is 1. The number of ketones is 1. The molecule has 6 nitrogen and oxygen atoms in total. The number of Topliss-reactive ketones (excluding diaryl/α,β-unsaturated/α-hetero) is 1. The van der Waals surface area contributed by atoms with Gasteiger partial charge in [-0.15, -0.1) is 0 Å². The van der Waals surface area contributed by atoms with Crippen molar-refractivity contribution in [2.24, 2.45) is 41.9 Å². The molecule has 4 aliphatic carbocycles. The van der Waals surface area contributed by atoms with Crippen molar-refractivity contribution in [2.75, 3.05) is 11.9 Å². The molecule has 0 spiro atoms. The molecule has 1 heterocycles. The maximum Gasteiger partial charge on any atom is 0.223 e. The molecule has 4 bridgehead atoms. The van der Waals surface area contributed by atoms with Crippen LogP contribution in [0.15, 0.2) is 0 Å². The highest BCUT2D eigenvalue weighted by atomic mass is 19.1. The number of nitrogens with two attached hydrogens (primary N) is 1. The van der Waals surface area contributed by atoms with Crippen LogP contribution in [-0.2, 0) is 11.8 Å². The molecule has 2 unspecified atom stereocenters. The molecule has 4 fully saturated rings. The fourth-order valence-corrected chi connectivity index (χ4v) is 6.37. The first-order valence-corrected chi connectivity index (χ1v) is 10.4. The Balaban J connectivity index is 1.54. The number of primary amides is 1. The van der Waals surface area contributed by atoms with E-state index in [9.17, 15) is 9.59 Å².